The van der Waals surface area contributed by atoms with Crippen LogP contribution in [0.5, 0.6) is 0 Å². The summed E-state index contributed by atoms with van der Waals surface area (Å²) in [7, 11) is 0. The Kier molecular flexibility index (Phi) is 6.67. The van der Waals surface area contributed by atoms with Gasteiger partial charge in [0.2, 0.25) is 0 Å². The van der Waals surface area contributed by atoms with Gasteiger partial charge >= 0.3 is 0 Å². The standard InChI is InChI=1S/C13H16Br2ClNO/c1-9(2)17(7-3-6-14)13(18)11-5-4-10(16)8-12(11)15/h4-5,8-9H,3,6-7H2,1-2H3. The predicted octanol–water partition coefficient (Wildman–Crippen LogP) is 4.74. The summed E-state index contributed by atoms with van der Waals surface area (Å²) in [4.78, 5) is 14.3. The van der Waals surface area contributed by atoms with Gasteiger partial charge in [-0.2, -0.15) is 0 Å². The largest absolute Gasteiger partial charge is 0.336 e. The molecule has 0 atom stereocenters. The lowest BCUT2D eigenvalue weighted by atomic mass is 10.1. The van der Waals surface area contributed by atoms with E-state index < -0.39 is 0 Å². The van der Waals surface area contributed by atoms with Crippen molar-refractivity contribution in [2.45, 2.75) is 26.3 Å². The SMILES string of the molecule is CC(C)N(CCCBr)C(=O)c1ccc(Cl)cc1Br. The number of halogens is 3. The molecule has 0 radical (unpaired) electrons. The van der Waals surface area contributed by atoms with Crippen molar-refractivity contribution in [3.63, 3.8) is 0 Å². The number of hydrogen-bond donors (Lipinski definition) is 0. The second kappa shape index (κ2) is 7.51. The smallest absolute Gasteiger partial charge is 0.255 e. The summed E-state index contributed by atoms with van der Waals surface area (Å²) >= 11 is 12.7. The lowest BCUT2D eigenvalue weighted by Gasteiger charge is -2.27. The lowest BCUT2D eigenvalue weighted by Crippen LogP contribution is -2.38. The van der Waals surface area contributed by atoms with Crippen molar-refractivity contribution >= 4 is 49.4 Å². The number of carbonyl (C=O) groups is 1. The monoisotopic (exact) mass is 395 g/mol. The molecular weight excluding hydrogens is 381 g/mol. The van der Waals surface area contributed by atoms with Gasteiger partial charge in [-0.05, 0) is 54.4 Å². The zero-order chi connectivity index (χ0) is 13.7. The van der Waals surface area contributed by atoms with Crippen LogP contribution in [0.1, 0.15) is 30.6 Å². The fraction of sp³-hybridized carbons (Fsp3) is 0.462. The van der Waals surface area contributed by atoms with Gasteiger partial charge in [-0.1, -0.05) is 27.5 Å². The Morgan fingerprint density at radius 1 is 1.44 bits per heavy atom. The van der Waals surface area contributed by atoms with Crippen LogP contribution < -0.4 is 0 Å². The van der Waals surface area contributed by atoms with E-state index >= 15 is 0 Å². The first-order chi connectivity index (χ1) is 8.47. The zero-order valence-electron chi connectivity index (χ0n) is 10.4. The van der Waals surface area contributed by atoms with Crippen molar-refractivity contribution in [1.82, 2.24) is 4.90 Å². The Morgan fingerprint density at radius 3 is 2.61 bits per heavy atom. The molecule has 0 N–H and O–H groups in total. The van der Waals surface area contributed by atoms with Crippen LogP contribution in [0.25, 0.3) is 0 Å². The Bertz CT molecular complexity index is 423. The Morgan fingerprint density at radius 2 is 2.11 bits per heavy atom. The Balaban J connectivity index is 2.94. The van der Waals surface area contributed by atoms with Gasteiger partial charge in [0.15, 0.2) is 0 Å². The molecule has 2 nitrogen and oxygen atoms in total. The number of nitrogens with zero attached hydrogens (tertiary/aromatic N) is 1. The highest BCUT2D eigenvalue weighted by Crippen LogP contribution is 2.23. The topological polar surface area (TPSA) is 20.3 Å². The summed E-state index contributed by atoms with van der Waals surface area (Å²) in [5, 5.41) is 1.51. The maximum atomic E-state index is 12.5. The predicted molar refractivity (Wildman–Crippen MR) is 83.7 cm³/mol. The molecule has 0 unspecified atom stereocenters. The first-order valence-electron chi connectivity index (χ1n) is 5.79. The van der Waals surface area contributed by atoms with E-state index in [0.717, 1.165) is 22.8 Å². The maximum Gasteiger partial charge on any atom is 0.255 e. The van der Waals surface area contributed by atoms with E-state index in [4.69, 9.17) is 11.6 Å². The molecule has 100 valence electrons. The number of benzene rings is 1. The molecule has 1 aromatic carbocycles. The fourth-order valence-corrected chi connectivity index (χ4v) is 2.75. The van der Waals surface area contributed by atoms with E-state index in [-0.39, 0.29) is 11.9 Å². The maximum absolute atomic E-state index is 12.5. The Labute approximate surface area is 130 Å². The van der Waals surface area contributed by atoms with E-state index in [1.807, 2.05) is 18.7 Å². The average molecular weight is 398 g/mol. The number of rotatable bonds is 5. The van der Waals surface area contributed by atoms with Gasteiger partial charge in [0.25, 0.3) is 5.91 Å². The highest BCUT2D eigenvalue weighted by molar-refractivity contribution is 9.10. The quantitative estimate of drug-likeness (QED) is 0.658. The highest BCUT2D eigenvalue weighted by atomic mass is 79.9. The summed E-state index contributed by atoms with van der Waals surface area (Å²) in [6.07, 6.45) is 0.940. The average Bonchev–Trinajstić information content (AvgIpc) is 2.28. The molecule has 0 heterocycles. The minimum Gasteiger partial charge on any atom is -0.336 e. The van der Waals surface area contributed by atoms with E-state index in [1.165, 1.54) is 0 Å². The molecule has 0 spiro atoms. The van der Waals surface area contributed by atoms with E-state index in [9.17, 15) is 4.79 Å². The van der Waals surface area contributed by atoms with Crippen LogP contribution in [-0.2, 0) is 0 Å². The second-order valence-corrected chi connectivity index (χ2v) is 6.34. The van der Waals surface area contributed by atoms with Crippen LogP contribution in [0.2, 0.25) is 5.02 Å². The molecule has 0 bridgehead atoms. The minimum absolute atomic E-state index is 0.0366. The van der Waals surface area contributed by atoms with Crippen molar-refractivity contribution in [3.8, 4) is 0 Å². The molecule has 5 heteroatoms. The normalized spacial score (nSPS) is 10.8. The molecule has 0 aliphatic carbocycles. The van der Waals surface area contributed by atoms with Crippen LogP contribution in [-0.4, -0.2) is 28.7 Å². The number of hydrogen-bond acceptors (Lipinski definition) is 1. The third-order valence-electron chi connectivity index (χ3n) is 2.58. The molecule has 0 aliphatic rings. The van der Waals surface area contributed by atoms with E-state index in [0.29, 0.717) is 10.6 Å². The summed E-state index contributed by atoms with van der Waals surface area (Å²) < 4.78 is 0.740. The first kappa shape index (κ1) is 16.0. The van der Waals surface area contributed by atoms with E-state index in [1.54, 1.807) is 18.2 Å². The summed E-state index contributed by atoms with van der Waals surface area (Å²) in [5.74, 6) is 0.0366. The summed E-state index contributed by atoms with van der Waals surface area (Å²) in [6, 6.07) is 5.43. The Hall–Kier alpha value is -0.0600. The van der Waals surface area contributed by atoms with Crippen LogP contribution >= 0.6 is 43.5 Å². The van der Waals surface area contributed by atoms with Gasteiger partial charge in [0.05, 0.1) is 5.56 Å². The third kappa shape index (κ3) is 4.25. The van der Waals surface area contributed by atoms with Gasteiger partial charge in [-0.3, -0.25) is 4.79 Å². The van der Waals surface area contributed by atoms with Crippen LogP contribution in [0.3, 0.4) is 0 Å². The van der Waals surface area contributed by atoms with Gasteiger partial charge in [-0.15, -0.1) is 0 Å². The summed E-state index contributed by atoms with van der Waals surface area (Å²) in [5.41, 5.74) is 0.655. The van der Waals surface area contributed by atoms with Crippen molar-refractivity contribution in [2.75, 3.05) is 11.9 Å². The van der Waals surface area contributed by atoms with Crippen molar-refractivity contribution in [3.05, 3.63) is 33.3 Å². The molecule has 0 fully saturated rings. The first-order valence-corrected chi connectivity index (χ1v) is 8.08. The number of alkyl halides is 1. The van der Waals surface area contributed by atoms with Gasteiger partial charge < -0.3 is 4.90 Å². The van der Waals surface area contributed by atoms with E-state index in [2.05, 4.69) is 31.9 Å². The van der Waals surface area contributed by atoms with Crippen LogP contribution in [0, 0.1) is 0 Å². The third-order valence-corrected chi connectivity index (χ3v) is 4.03. The fourth-order valence-electron chi connectivity index (χ4n) is 1.64. The van der Waals surface area contributed by atoms with Gasteiger partial charge in [-0.25, -0.2) is 0 Å². The van der Waals surface area contributed by atoms with Crippen molar-refractivity contribution in [1.29, 1.82) is 0 Å². The molecule has 0 saturated carbocycles. The van der Waals surface area contributed by atoms with Gasteiger partial charge in [0, 0.05) is 27.4 Å². The number of amides is 1. The van der Waals surface area contributed by atoms with Crippen LogP contribution in [0.4, 0.5) is 0 Å². The zero-order valence-corrected chi connectivity index (χ0v) is 14.3. The highest BCUT2D eigenvalue weighted by Gasteiger charge is 2.20. The molecule has 0 aromatic heterocycles. The molecule has 0 saturated heterocycles. The minimum atomic E-state index is 0.0366. The number of carbonyl (C=O) groups excluding carboxylic acids is 1. The van der Waals surface area contributed by atoms with Crippen molar-refractivity contribution < 1.29 is 4.79 Å². The summed E-state index contributed by atoms with van der Waals surface area (Å²) in [6.45, 7) is 4.79. The molecule has 1 aromatic rings. The van der Waals surface area contributed by atoms with Crippen molar-refractivity contribution in [2.24, 2.45) is 0 Å². The molecule has 0 aliphatic heterocycles. The molecular formula is C13H16Br2ClNO. The molecule has 1 amide bonds. The van der Waals surface area contributed by atoms with Crippen LogP contribution in [0.15, 0.2) is 22.7 Å². The second-order valence-electron chi connectivity index (χ2n) is 4.26. The van der Waals surface area contributed by atoms with Gasteiger partial charge in [0.1, 0.15) is 0 Å². The molecule has 18 heavy (non-hydrogen) atoms. The lowest BCUT2D eigenvalue weighted by molar-refractivity contribution is 0.0706. The molecule has 1 rings (SSSR count).